The molecule has 0 spiro atoms. The first-order chi connectivity index (χ1) is 7.81. The minimum absolute atomic E-state index is 0.820. The fraction of sp³-hybridized carbons (Fsp3) is 0.538. The van der Waals surface area contributed by atoms with E-state index in [1.54, 1.807) is 7.11 Å². The van der Waals surface area contributed by atoms with Gasteiger partial charge in [0, 0.05) is 45.2 Å². The summed E-state index contributed by atoms with van der Waals surface area (Å²) in [5.74, 6) is 0. The number of ether oxygens (including phenoxy) is 1. The van der Waals surface area contributed by atoms with Gasteiger partial charge in [0.2, 0.25) is 0 Å². The van der Waals surface area contributed by atoms with Crippen molar-refractivity contribution in [2.24, 2.45) is 0 Å². The molecule has 0 fully saturated rings. The Balaban J connectivity index is 1.92. The van der Waals surface area contributed by atoms with E-state index in [4.69, 9.17) is 4.74 Å². The molecule has 16 heavy (non-hydrogen) atoms. The lowest BCUT2D eigenvalue weighted by Gasteiger charge is -2.12. The molecule has 0 amide bonds. The van der Waals surface area contributed by atoms with Gasteiger partial charge in [-0.25, -0.2) is 0 Å². The van der Waals surface area contributed by atoms with Gasteiger partial charge in [0.25, 0.3) is 0 Å². The second kappa shape index (κ2) is 5.21. The maximum atomic E-state index is 5.02. The number of nitrogens with one attached hydrogen (secondary N) is 1. The van der Waals surface area contributed by atoms with E-state index in [2.05, 4.69) is 35.5 Å². The Morgan fingerprint density at radius 1 is 1.44 bits per heavy atom. The second-order valence-electron chi connectivity index (χ2n) is 4.29. The van der Waals surface area contributed by atoms with Crippen molar-refractivity contribution in [3.8, 4) is 0 Å². The molecule has 3 nitrogen and oxygen atoms in total. The Morgan fingerprint density at radius 2 is 2.31 bits per heavy atom. The number of likely N-dealkylation sites (N-methyl/N-ethyl adjacent to an activating group) is 1. The number of hydrogen-bond acceptors (Lipinski definition) is 3. The molecule has 1 aromatic rings. The maximum absolute atomic E-state index is 5.02. The van der Waals surface area contributed by atoms with Crippen LogP contribution in [-0.4, -0.2) is 33.9 Å². The summed E-state index contributed by atoms with van der Waals surface area (Å²) in [7, 11) is 3.89. The van der Waals surface area contributed by atoms with Gasteiger partial charge in [-0.1, -0.05) is 0 Å². The molecule has 1 aromatic carbocycles. The third-order valence-corrected chi connectivity index (χ3v) is 3.06. The molecule has 0 saturated carbocycles. The zero-order valence-electron chi connectivity index (χ0n) is 10.1. The third kappa shape index (κ3) is 2.47. The molecule has 1 heterocycles. The lowest BCUT2D eigenvalue weighted by molar-refractivity contribution is 0.198. The highest BCUT2D eigenvalue weighted by Crippen LogP contribution is 2.28. The minimum Gasteiger partial charge on any atom is -0.385 e. The van der Waals surface area contributed by atoms with Crippen molar-refractivity contribution in [3.63, 3.8) is 0 Å². The normalized spacial score (nSPS) is 14.0. The molecule has 0 saturated heterocycles. The molecule has 3 heteroatoms. The summed E-state index contributed by atoms with van der Waals surface area (Å²) in [5, 5.41) is 3.43. The van der Waals surface area contributed by atoms with Gasteiger partial charge in [0.05, 0.1) is 0 Å². The lowest BCUT2D eigenvalue weighted by atomic mass is 10.1. The van der Waals surface area contributed by atoms with Gasteiger partial charge in [0.1, 0.15) is 0 Å². The van der Waals surface area contributed by atoms with Crippen LogP contribution in [0.25, 0.3) is 0 Å². The van der Waals surface area contributed by atoms with Crippen LogP contribution in [-0.2, 0) is 11.2 Å². The largest absolute Gasteiger partial charge is 0.385 e. The quantitative estimate of drug-likeness (QED) is 0.769. The Hall–Kier alpha value is -1.22. The lowest BCUT2D eigenvalue weighted by Crippen LogP contribution is -2.12. The van der Waals surface area contributed by atoms with Crippen LogP contribution in [0.15, 0.2) is 18.2 Å². The molecular weight excluding hydrogens is 200 g/mol. The molecule has 2 rings (SSSR count). The number of hydrogen-bond donors (Lipinski definition) is 1. The van der Waals surface area contributed by atoms with Crippen LogP contribution in [0.2, 0.25) is 0 Å². The molecular formula is C13H20N2O. The number of benzene rings is 1. The van der Waals surface area contributed by atoms with E-state index >= 15 is 0 Å². The number of fused-ring (bicyclic) bond motifs is 1. The Bertz CT molecular complexity index is 352. The Labute approximate surface area is 97.4 Å². The number of anilines is 2. The van der Waals surface area contributed by atoms with Crippen molar-refractivity contribution in [1.82, 2.24) is 0 Å². The molecule has 88 valence electrons. The molecule has 0 radical (unpaired) electrons. The van der Waals surface area contributed by atoms with Crippen LogP contribution >= 0.6 is 0 Å². The zero-order valence-corrected chi connectivity index (χ0v) is 10.1. The van der Waals surface area contributed by atoms with Crippen molar-refractivity contribution in [3.05, 3.63) is 23.8 Å². The monoisotopic (exact) mass is 220 g/mol. The molecule has 1 aliphatic heterocycles. The SMILES string of the molecule is COCCCNc1ccc2c(c1)CCN2C. The summed E-state index contributed by atoms with van der Waals surface area (Å²) in [6.07, 6.45) is 2.22. The van der Waals surface area contributed by atoms with Crippen molar-refractivity contribution >= 4 is 11.4 Å². The molecule has 0 bridgehead atoms. The molecule has 1 aliphatic rings. The van der Waals surface area contributed by atoms with E-state index < -0.39 is 0 Å². The average Bonchev–Trinajstić information content (AvgIpc) is 2.66. The summed E-state index contributed by atoms with van der Waals surface area (Å²) >= 11 is 0. The molecule has 0 atom stereocenters. The van der Waals surface area contributed by atoms with Gasteiger partial charge in [-0.2, -0.15) is 0 Å². The molecule has 0 aromatic heterocycles. The predicted molar refractivity (Wildman–Crippen MR) is 68.4 cm³/mol. The van der Waals surface area contributed by atoms with Crippen LogP contribution in [0.4, 0.5) is 11.4 Å². The van der Waals surface area contributed by atoms with E-state index in [1.165, 1.54) is 23.4 Å². The van der Waals surface area contributed by atoms with Gasteiger partial charge in [-0.3, -0.25) is 0 Å². The molecule has 0 unspecified atom stereocenters. The fourth-order valence-electron chi connectivity index (χ4n) is 2.13. The van der Waals surface area contributed by atoms with E-state index in [1.807, 2.05) is 0 Å². The minimum atomic E-state index is 0.820. The summed E-state index contributed by atoms with van der Waals surface area (Å²) < 4.78 is 5.02. The summed E-state index contributed by atoms with van der Waals surface area (Å²) in [4.78, 5) is 2.31. The highest BCUT2D eigenvalue weighted by molar-refractivity contribution is 5.63. The van der Waals surface area contributed by atoms with E-state index in [0.717, 1.165) is 26.1 Å². The molecule has 1 N–H and O–H groups in total. The first kappa shape index (κ1) is 11.3. The van der Waals surface area contributed by atoms with Crippen LogP contribution in [0.1, 0.15) is 12.0 Å². The van der Waals surface area contributed by atoms with Gasteiger partial charge in [-0.05, 0) is 36.6 Å². The number of rotatable bonds is 5. The topological polar surface area (TPSA) is 24.5 Å². The van der Waals surface area contributed by atoms with Gasteiger partial charge >= 0.3 is 0 Å². The maximum Gasteiger partial charge on any atom is 0.0479 e. The third-order valence-electron chi connectivity index (χ3n) is 3.06. The predicted octanol–water partition coefficient (Wildman–Crippen LogP) is 2.13. The smallest absolute Gasteiger partial charge is 0.0479 e. The summed E-state index contributed by atoms with van der Waals surface area (Å²) in [5.41, 5.74) is 4.06. The van der Waals surface area contributed by atoms with Crippen LogP contribution in [0.5, 0.6) is 0 Å². The fourth-order valence-corrected chi connectivity index (χ4v) is 2.13. The first-order valence-electron chi connectivity index (χ1n) is 5.88. The van der Waals surface area contributed by atoms with Crippen molar-refractivity contribution < 1.29 is 4.74 Å². The van der Waals surface area contributed by atoms with Crippen molar-refractivity contribution in [2.45, 2.75) is 12.8 Å². The van der Waals surface area contributed by atoms with E-state index in [0.29, 0.717) is 0 Å². The standard InChI is InChI=1S/C13H20N2O/c1-15-8-6-11-10-12(4-5-13(11)15)14-7-3-9-16-2/h4-5,10,14H,3,6-9H2,1-2H3. The van der Waals surface area contributed by atoms with Crippen molar-refractivity contribution in [2.75, 3.05) is 44.1 Å². The Kier molecular flexibility index (Phi) is 3.67. The van der Waals surface area contributed by atoms with Crippen LogP contribution in [0, 0.1) is 0 Å². The highest BCUT2D eigenvalue weighted by Gasteiger charge is 2.15. The number of nitrogens with zero attached hydrogens (tertiary/aromatic N) is 1. The van der Waals surface area contributed by atoms with Gasteiger partial charge in [-0.15, -0.1) is 0 Å². The zero-order chi connectivity index (χ0) is 11.4. The summed E-state index contributed by atoms with van der Waals surface area (Å²) in [6, 6.07) is 6.64. The van der Waals surface area contributed by atoms with Gasteiger partial charge in [0.15, 0.2) is 0 Å². The number of methoxy groups -OCH3 is 1. The average molecular weight is 220 g/mol. The van der Waals surface area contributed by atoms with Crippen LogP contribution in [0.3, 0.4) is 0 Å². The van der Waals surface area contributed by atoms with Crippen LogP contribution < -0.4 is 10.2 Å². The Morgan fingerprint density at radius 3 is 3.12 bits per heavy atom. The summed E-state index contributed by atoms with van der Waals surface area (Å²) in [6.45, 7) is 2.94. The second-order valence-corrected chi connectivity index (χ2v) is 4.29. The first-order valence-corrected chi connectivity index (χ1v) is 5.88. The highest BCUT2D eigenvalue weighted by atomic mass is 16.5. The van der Waals surface area contributed by atoms with Gasteiger partial charge < -0.3 is 15.0 Å². The van der Waals surface area contributed by atoms with E-state index in [9.17, 15) is 0 Å². The van der Waals surface area contributed by atoms with E-state index in [-0.39, 0.29) is 0 Å². The van der Waals surface area contributed by atoms with Crippen molar-refractivity contribution in [1.29, 1.82) is 0 Å². The molecule has 0 aliphatic carbocycles.